The summed E-state index contributed by atoms with van der Waals surface area (Å²) < 4.78 is 13.0. The highest BCUT2D eigenvalue weighted by atomic mass is 32.1. The maximum Gasteiger partial charge on any atom is 0.275 e. The number of aromatic nitrogens is 7. The summed E-state index contributed by atoms with van der Waals surface area (Å²) >= 11 is 1.37. The van der Waals surface area contributed by atoms with Crippen LogP contribution >= 0.6 is 11.3 Å². The number of nitrogens with one attached hydrogen (secondary N) is 2. The lowest BCUT2D eigenvalue weighted by molar-refractivity contribution is 0.0260. The van der Waals surface area contributed by atoms with Crippen LogP contribution < -0.4 is 5.32 Å². The van der Waals surface area contributed by atoms with Gasteiger partial charge in [0, 0.05) is 29.9 Å². The van der Waals surface area contributed by atoms with Crippen molar-refractivity contribution in [2.24, 2.45) is 0 Å². The fourth-order valence-corrected chi connectivity index (χ4v) is 4.66. The zero-order chi connectivity index (χ0) is 21.9. The van der Waals surface area contributed by atoms with Gasteiger partial charge in [-0.15, -0.1) is 21.5 Å². The molecule has 1 saturated carbocycles. The molecule has 0 bridgehead atoms. The number of rotatable bonds is 7. The summed E-state index contributed by atoms with van der Waals surface area (Å²) in [4.78, 5) is 17.3. The number of carbonyl (C=O) groups excluding carboxylic acids is 1. The largest absolute Gasteiger partial charge is 0.422 e. The summed E-state index contributed by atoms with van der Waals surface area (Å²) in [5.41, 5.74) is 2.08. The molecule has 4 aromatic heterocycles. The number of amides is 1. The standard InChI is InChI=1S/C20H22N8O3S/c1-2-30-14-5-3-13(4-6-14)28-9-15(17(27-28)19-26-23-11-31-19)24-18(29)16-10-32-20(25-16)12-7-21-22-8-12/h7-11,13-14H,2-6H2,1H3,(H,21,22)(H,24,29)/t13-,14-. The van der Waals surface area contributed by atoms with E-state index >= 15 is 0 Å². The van der Waals surface area contributed by atoms with E-state index in [0.717, 1.165) is 37.9 Å². The SMILES string of the molecule is CCO[C@H]1CC[C@H](n2cc(NC(=O)c3csc(-c4cn[nH]c4)n3)c(-c3nnco3)n2)CC1. The van der Waals surface area contributed by atoms with Gasteiger partial charge in [-0.1, -0.05) is 0 Å². The van der Waals surface area contributed by atoms with Crippen molar-refractivity contribution in [3.05, 3.63) is 36.1 Å². The molecule has 11 nitrogen and oxygen atoms in total. The number of carbonyl (C=O) groups is 1. The fourth-order valence-electron chi connectivity index (χ4n) is 3.88. The summed E-state index contributed by atoms with van der Waals surface area (Å²) in [6.07, 6.45) is 10.6. The van der Waals surface area contributed by atoms with Crippen LogP contribution in [0.4, 0.5) is 5.69 Å². The zero-order valence-electron chi connectivity index (χ0n) is 17.4. The minimum atomic E-state index is -0.337. The third-order valence-electron chi connectivity index (χ3n) is 5.44. The van der Waals surface area contributed by atoms with Crippen LogP contribution in [0.1, 0.15) is 49.1 Å². The minimum Gasteiger partial charge on any atom is -0.422 e. The van der Waals surface area contributed by atoms with E-state index in [2.05, 4.69) is 35.8 Å². The molecule has 0 radical (unpaired) electrons. The van der Waals surface area contributed by atoms with Crippen molar-refractivity contribution in [3.63, 3.8) is 0 Å². The molecule has 0 aromatic carbocycles. The second-order valence-electron chi connectivity index (χ2n) is 7.48. The first kappa shape index (κ1) is 20.5. The van der Waals surface area contributed by atoms with Gasteiger partial charge in [-0.25, -0.2) is 4.98 Å². The molecule has 0 atom stereocenters. The first-order chi connectivity index (χ1) is 15.7. The monoisotopic (exact) mass is 454 g/mol. The Bertz CT molecular complexity index is 1160. The van der Waals surface area contributed by atoms with Gasteiger partial charge in [0.15, 0.2) is 5.69 Å². The number of thiazole rings is 1. The lowest BCUT2D eigenvalue weighted by Gasteiger charge is -2.28. The molecule has 4 aromatic rings. The Hall–Kier alpha value is -3.38. The van der Waals surface area contributed by atoms with E-state index in [9.17, 15) is 4.79 Å². The highest BCUT2D eigenvalue weighted by Crippen LogP contribution is 2.33. The van der Waals surface area contributed by atoms with Crippen LogP contribution in [0.15, 0.2) is 34.8 Å². The van der Waals surface area contributed by atoms with Crippen molar-refractivity contribution in [1.82, 2.24) is 35.2 Å². The summed E-state index contributed by atoms with van der Waals surface area (Å²) in [5.74, 6) is -0.0872. The van der Waals surface area contributed by atoms with Crippen molar-refractivity contribution < 1.29 is 13.9 Å². The molecule has 4 heterocycles. The number of H-pyrrole nitrogens is 1. The van der Waals surface area contributed by atoms with Gasteiger partial charge in [-0.05, 0) is 32.6 Å². The lowest BCUT2D eigenvalue weighted by atomic mass is 9.93. The molecule has 1 aliphatic carbocycles. The topological polar surface area (TPSA) is 137 Å². The van der Waals surface area contributed by atoms with Crippen molar-refractivity contribution in [1.29, 1.82) is 0 Å². The summed E-state index contributed by atoms with van der Waals surface area (Å²) in [6.45, 7) is 2.75. The Labute approximate surface area is 187 Å². The quantitative estimate of drug-likeness (QED) is 0.432. The molecular weight excluding hydrogens is 432 g/mol. The predicted octanol–water partition coefficient (Wildman–Crippen LogP) is 3.55. The van der Waals surface area contributed by atoms with Crippen LogP contribution in [0.5, 0.6) is 0 Å². The maximum absolute atomic E-state index is 12.9. The Balaban J connectivity index is 1.36. The van der Waals surface area contributed by atoms with E-state index in [0.29, 0.717) is 28.2 Å². The van der Waals surface area contributed by atoms with E-state index in [4.69, 9.17) is 9.15 Å². The predicted molar refractivity (Wildman–Crippen MR) is 116 cm³/mol. The van der Waals surface area contributed by atoms with Crippen LogP contribution in [-0.2, 0) is 4.74 Å². The van der Waals surface area contributed by atoms with Crippen molar-refractivity contribution in [2.75, 3.05) is 11.9 Å². The molecule has 1 amide bonds. The molecule has 0 unspecified atom stereocenters. The fraction of sp³-hybridized carbons (Fsp3) is 0.400. The van der Waals surface area contributed by atoms with Gasteiger partial charge >= 0.3 is 0 Å². The Kier molecular flexibility index (Phi) is 5.77. The van der Waals surface area contributed by atoms with Crippen LogP contribution in [0.3, 0.4) is 0 Å². The highest BCUT2D eigenvalue weighted by molar-refractivity contribution is 7.13. The number of hydrogen-bond donors (Lipinski definition) is 2. The third-order valence-corrected chi connectivity index (χ3v) is 6.34. The number of hydrogen-bond acceptors (Lipinski definition) is 9. The van der Waals surface area contributed by atoms with E-state index in [1.165, 1.54) is 17.7 Å². The molecule has 5 rings (SSSR count). The van der Waals surface area contributed by atoms with Crippen LogP contribution in [0, 0.1) is 0 Å². The van der Waals surface area contributed by atoms with Crippen molar-refractivity contribution in [2.45, 2.75) is 44.8 Å². The van der Waals surface area contributed by atoms with E-state index in [1.54, 1.807) is 17.8 Å². The molecule has 32 heavy (non-hydrogen) atoms. The Morgan fingerprint density at radius 2 is 2.25 bits per heavy atom. The van der Waals surface area contributed by atoms with E-state index < -0.39 is 0 Å². The van der Waals surface area contributed by atoms with Gasteiger partial charge in [0.25, 0.3) is 11.8 Å². The van der Waals surface area contributed by atoms with Gasteiger partial charge in [0.05, 0.1) is 24.0 Å². The van der Waals surface area contributed by atoms with Gasteiger partial charge < -0.3 is 14.5 Å². The summed E-state index contributed by atoms with van der Waals surface area (Å²) in [7, 11) is 0. The van der Waals surface area contributed by atoms with Crippen LogP contribution in [0.25, 0.3) is 22.2 Å². The summed E-state index contributed by atoms with van der Waals surface area (Å²) in [6, 6.07) is 0.214. The normalized spacial score (nSPS) is 18.7. The molecular formula is C20H22N8O3S. The minimum absolute atomic E-state index is 0.214. The zero-order valence-corrected chi connectivity index (χ0v) is 18.2. The van der Waals surface area contributed by atoms with Gasteiger partial charge in [0.2, 0.25) is 6.39 Å². The Morgan fingerprint density at radius 1 is 1.38 bits per heavy atom. The Morgan fingerprint density at radius 3 is 2.97 bits per heavy atom. The molecule has 0 spiro atoms. The molecule has 1 aliphatic rings. The van der Waals surface area contributed by atoms with Gasteiger partial charge in [0.1, 0.15) is 10.7 Å². The van der Waals surface area contributed by atoms with Crippen molar-refractivity contribution >= 4 is 22.9 Å². The van der Waals surface area contributed by atoms with E-state index in [1.807, 2.05) is 17.8 Å². The second-order valence-corrected chi connectivity index (χ2v) is 8.34. The molecule has 0 saturated heterocycles. The molecule has 2 N–H and O–H groups in total. The second kappa shape index (κ2) is 9.01. The van der Waals surface area contributed by atoms with Crippen LogP contribution in [0.2, 0.25) is 0 Å². The van der Waals surface area contributed by atoms with Gasteiger partial charge in [-0.2, -0.15) is 10.2 Å². The molecule has 12 heteroatoms. The highest BCUT2D eigenvalue weighted by Gasteiger charge is 2.26. The molecule has 0 aliphatic heterocycles. The van der Waals surface area contributed by atoms with Crippen LogP contribution in [-0.4, -0.2) is 53.8 Å². The number of aromatic amines is 1. The number of ether oxygens (including phenoxy) is 1. The maximum atomic E-state index is 12.9. The smallest absolute Gasteiger partial charge is 0.275 e. The first-order valence-corrected chi connectivity index (χ1v) is 11.3. The average Bonchev–Trinajstić information content (AvgIpc) is 3.61. The van der Waals surface area contributed by atoms with Gasteiger partial charge in [-0.3, -0.25) is 14.6 Å². The van der Waals surface area contributed by atoms with E-state index in [-0.39, 0.29) is 17.8 Å². The average molecular weight is 455 g/mol. The first-order valence-electron chi connectivity index (χ1n) is 10.4. The molecule has 1 fully saturated rings. The summed E-state index contributed by atoms with van der Waals surface area (Å²) in [5, 5.41) is 24.4. The number of nitrogens with zero attached hydrogens (tertiary/aromatic N) is 6. The third kappa shape index (κ3) is 4.18. The lowest BCUT2D eigenvalue weighted by Crippen LogP contribution is -2.24. The van der Waals surface area contributed by atoms with Crippen molar-refractivity contribution in [3.8, 4) is 22.2 Å². The number of anilines is 1. The molecule has 166 valence electrons.